The van der Waals surface area contributed by atoms with E-state index >= 15 is 0 Å². The number of aromatic nitrogens is 4. The predicted octanol–water partition coefficient (Wildman–Crippen LogP) is 2.91. The Hall–Kier alpha value is -2.58. The smallest absolute Gasteiger partial charge is 0.306 e. The highest BCUT2D eigenvalue weighted by Crippen LogP contribution is 2.29. The van der Waals surface area contributed by atoms with Crippen LogP contribution in [0.1, 0.15) is 37.6 Å². The number of nitrogens with zero attached hydrogens (tertiary/aromatic N) is 5. The first-order valence-electron chi connectivity index (χ1n) is 8.58. The number of halogens is 2. The van der Waals surface area contributed by atoms with Crippen LogP contribution in [0.4, 0.5) is 14.7 Å². The number of hydrogen-bond donors (Lipinski definition) is 1. The third kappa shape index (κ3) is 3.51. The van der Waals surface area contributed by atoms with Crippen LogP contribution in [0.25, 0.3) is 11.3 Å². The maximum absolute atomic E-state index is 13.3. The minimum Gasteiger partial charge on any atom is -0.481 e. The molecule has 0 aromatic carbocycles. The lowest BCUT2D eigenvalue weighted by molar-refractivity contribution is -0.142. The molecule has 1 fully saturated rings. The van der Waals surface area contributed by atoms with E-state index in [1.54, 1.807) is 15.8 Å². The van der Waals surface area contributed by atoms with Crippen molar-refractivity contribution >= 4 is 11.9 Å². The molecule has 1 saturated heterocycles. The van der Waals surface area contributed by atoms with E-state index in [1.165, 1.54) is 6.07 Å². The lowest BCUT2D eigenvalue weighted by Gasteiger charge is -2.30. The van der Waals surface area contributed by atoms with Gasteiger partial charge in [0, 0.05) is 30.9 Å². The van der Waals surface area contributed by atoms with E-state index < -0.39 is 18.3 Å². The first-order valence-corrected chi connectivity index (χ1v) is 8.58. The number of aliphatic carboxylic acids is 1. The van der Waals surface area contributed by atoms with Crippen molar-refractivity contribution in [3.8, 4) is 11.3 Å². The Morgan fingerprint density at radius 2 is 2.04 bits per heavy atom. The number of hydrogen-bond acceptors (Lipinski definition) is 5. The number of rotatable bonds is 5. The normalized spacial score (nSPS) is 15.7. The second kappa shape index (κ2) is 7.35. The van der Waals surface area contributed by atoms with Crippen molar-refractivity contribution in [1.82, 2.24) is 19.7 Å². The molecule has 26 heavy (non-hydrogen) atoms. The summed E-state index contributed by atoms with van der Waals surface area (Å²) >= 11 is 0. The highest BCUT2D eigenvalue weighted by molar-refractivity contribution is 5.70. The van der Waals surface area contributed by atoms with Gasteiger partial charge in [0.25, 0.3) is 6.43 Å². The molecule has 2 aromatic rings. The summed E-state index contributed by atoms with van der Waals surface area (Å²) in [5.74, 6) is -1.02. The summed E-state index contributed by atoms with van der Waals surface area (Å²) in [7, 11) is 0. The van der Waals surface area contributed by atoms with Crippen molar-refractivity contribution in [1.29, 1.82) is 0 Å². The molecule has 0 bridgehead atoms. The lowest BCUT2D eigenvalue weighted by Crippen LogP contribution is -2.37. The summed E-state index contributed by atoms with van der Waals surface area (Å²) in [6.07, 6.45) is -0.204. The Kier molecular flexibility index (Phi) is 5.15. The van der Waals surface area contributed by atoms with Crippen LogP contribution in [-0.4, -0.2) is 43.9 Å². The molecule has 3 rings (SSSR count). The standard InChI is InChI=1S/C17H21F2N5O2/c1-3-24-10(2)12(9-20-24)13-8-14(15(18)19)22-17(21-13)23-6-4-11(5-7-23)16(25)26/h8-9,11,15H,3-7H2,1-2H3,(H,25,26). The first-order chi connectivity index (χ1) is 12.4. The van der Waals surface area contributed by atoms with Gasteiger partial charge in [-0.2, -0.15) is 5.10 Å². The van der Waals surface area contributed by atoms with E-state index in [4.69, 9.17) is 5.11 Å². The van der Waals surface area contributed by atoms with Gasteiger partial charge < -0.3 is 10.0 Å². The Morgan fingerprint density at radius 3 is 2.58 bits per heavy atom. The Bertz CT molecular complexity index is 800. The highest BCUT2D eigenvalue weighted by Gasteiger charge is 2.27. The largest absolute Gasteiger partial charge is 0.481 e. The van der Waals surface area contributed by atoms with Crippen LogP contribution in [-0.2, 0) is 11.3 Å². The number of carboxylic acids is 1. The van der Waals surface area contributed by atoms with Crippen molar-refractivity contribution in [2.45, 2.75) is 39.7 Å². The van der Waals surface area contributed by atoms with Crippen LogP contribution in [0.5, 0.6) is 0 Å². The molecule has 0 unspecified atom stereocenters. The number of carbonyl (C=O) groups is 1. The molecule has 2 aromatic heterocycles. The SMILES string of the molecule is CCn1ncc(-c2cc(C(F)F)nc(N3CCC(C(=O)O)CC3)n2)c1C. The van der Waals surface area contributed by atoms with Gasteiger partial charge in [0.15, 0.2) is 0 Å². The highest BCUT2D eigenvalue weighted by atomic mass is 19.3. The molecule has 140 valence electrons. The van der Waals surface area contributed by atoms with Gasteiger partial charge in [-0.15, -0.1) is 0 Å². The fourth-order valence-corrected chi connectivity index (χ4v) is 3.19. The van der Waals surface area contributed by atoms with Gasteiger partial charge >= 0.3 is 5.97 Å². The molecule has 3 heterocycles. The van der Waals surface area contributed by atoms with Crippen LogP contribution in [0, 0.1) is 12.8 Å². The van der Waals surface area contributed by atoms with Gasteiger partial charge in [-0.1, -0.05) is 0 Å². The third-order valence-electron chi connectivity index (χ3n) is 4.76. The summed E-state index contributed by atoms with van der Waals surface area (Å²) in [5.41, 5.74) is 1.61. The Labute approximate surface area is 149 Å². The van der Waals surface area contributed by atoms with Gasteiger partial charge in [-0.3, -0.25) is 9.48 Å². The molecule has 0 atom stereocenters. The zero-order chi connectivity index (χ0) is 18.8. The molecule has 0 radical (unpaired) electrons. The second-order valence-electron chi connectivity index (χ2n) is 6.34. The van der Waals surface area contributed by atoms with Crippen LogP contribution >= 0.6 is 0 Å². The number of carboxylic acid groups (broad SMARTS) is 1. The molecule has 0 amide bonds. The first kappa shape index (κ1) is 18.2. The van der Waals surface area contributed by atoms with E-state index in [0.29, 0.717) is 43.7 Å². The molecule has 0 saturated carbocycles. The van der Waals surface area contributed by atoms with Crippen molar-refractivity contribution < 1.29 is 18.7 Å². The minimum absolute atomic E-state index is 0.213. The third-order valence-corrected chi connectivity index (χ3v) is 4.76. The molecule has 1 N–H and O–H groups in total. The van der Waals surface area contributed by atoms with Crippen LogP contribution < -0.4 is 4.90 Å². The summed E-state index contributed by atoms with van der Waals surface area (Å²) in [6.45, 7) is 5.35. The van der Waals surface area contributed by atoms with Crippen molar-refractivity contribution in [2.24, 2.45) is 5.92 Å². The van der Waals surface area contributed by atoms with Gasteiger partial charge in [0.05, 0.1) is 17.8 Å². The average Bonchev–Trinajstić information content (AvgIpc) is 3.02. The topological polar surface area (TPSA) is 84.1 Å². The average molecular weight is 365 g/mol. The fourth-order valence-electron chi connectivity index (χ4n) is 3.19. The summed E-state index contributed by atoms with van der Waals surface area (Å²) in [6, 6.07) is 1.29. The molecule has 0 spiro atoms. The number of alkyl halides is 2. The lowest BCUT2D eigenvalue weighted by atomic mass is 9.97. The summed E-state index contributed by atoms with van der Waals surface area (Å²) in [4.78, 5) is 21.3. The molecular formula is C17H21F2N5O2. The summed E-state index contributed by atoms with van der Waals surface area (Å²) in [5, 5.41) is 13.3. The van der Waals surface area contributed by atoms with Crippen molar-refractivity contribution in [3.63, 3.8) is 0 Å². The van der Waals surface area contributed by atoms with E-state index in [-0.39, 0.29) is 11.6 Å². The van der Waals surface area contributed by atoms with Gasteiger partial charge in [0.2, 0.25) is 5.95 Å². The van der Waals surface area contributed by atoms with Crippen molar-refractivity contribution in [3.05, 3.63) is 23.7 Å². The predicted molar refractivity (Wildman–Crippen MR) is 91.2 cm³/mol. The zero-order valence-electron chi connectivity index (χ0n) is 14.7. The second-order valence-corrected chi connectivity index (χ2v) is 6.34. The summed E-state index contributed by atoms with van der Waals surface area (Å²) < 4.78 is 28.5. The maximum atomic E-state index is 13.3. The van der Waals surface area contributed by atoms with Crippen LogP contribution in [0.3, 0.4) is 0 Å². The minimum atomic E-state index is -2.71. The number of anilines is 1. The number of aryl methyl sites for hydroxylation is 1. The van der Waals surface area contributed by atoms with Gasteiger partial charge in [-0.05, 0) is 32.8 Å². The molecule has 0 aliphatic carbocycles. The molecule has 9 heteroatoms. The van der Waals surface area contributed by atoms with Gasteiger partial charge in [-0.25, -0.2) is 18.7 Å². The van der Waals surface area contributed by atoms with Crippen LogP contribution in [0.2, 0.25) is 0 Å². The molecular weight excluding hydrogens is 344 g/mol. The maximum Gasteiger partial charge on any atom is 0.306 e. The Morgan fingerprint density at radius 1 is 1.35 bits per heavy atom. The van der Waals surface area contributed by atoms with Gasteiger partial charge in [0.1, 0.15) is 5.69 Å². The zero-order valence-corrected chi connectivity index (χ0v) is 14.7. The Balaban J connectivity index is 1.95. The number of piperidine rings is 1. The monoisotopic (exact) mass is 365 g/mol. The molecule has 1 aliphatic heterocycles. The van der Waals surface area contributed by atoms with Crippen molar-refractivity contribution in [2.75, 3.05) is 18.0 Å². The fraction of sp³-hybridized carbons (Fsp3) is 0.529. The van der Waals surface area contributed by atoms with E-state index in [2.05, 4.69) is 15.1 Å². The van der Waals surface area contributed by atoms with E-state index in [9.17, 15) is 13.6 Å². The van der Waals surface area contributed by atoms with E-state index in [1.807, 2.05) is 13.8 Å². The molecule has 7 nitrogen and oxygen atoms in total. The van der Waals surface area contributed by atoms with E-state index in [0.717, 1.165) is 5.69 Å². The quantitative estimate of drug-likeness (QED) is 0.877. The molecule has 1 aliphatic rings. The van der Waals surface area contributed by atoms with Crippen LogP contribution in [0.15, 0.2) is 12.3 Å².